The molecule has 0 saturated heterocycles. The summed E-state index contributed by atoms with van der Waals surface area (Å²) in [6, 6.07) is 12.9. The number of aromatic amines is 2. The Labute approximate surface area is 208 Å². The highest BCUT2D eigenvalue weighted by Gasteiger charge is 2.16. The summed E-state index contributed by atoms with van der Waals surface area (Å²) in [6.07, 6.45) is 7.95. The first-order chi connectivity index (χ1) is 17.2. The quantitative estimate of drug-likeness (QED) is 0.210. The molecule has 180 valence electrons. The summed E-state index contributed by atoms with van der Waals surface area (Å²) < 4.78 is 1.88. The zero-order valence-electron chi connectivity index (χ0n) is 19.5. The van der Waals surface area contributed by atoms with Gasteiger partial charge in [-0.1, -0.05) is 23.8 Å². The number of nitrogens with zero attached hydrogens (tertiary/aromatic N) is 4. The van der Waals surface area contributed by atoms with Crippen molar-refractivity contribution in [3.05, 3.63) is 60.0 Å². The van der Waals surface area contributed by atoms with Crippen molar-refractivity contribution in [1.29, 1.82) is 0 Å². The lowest BCUT2D eigenvalue weighted by atomic mass is 9.85. The van der Waals surface area contributed by atoms with E-state index in [-0.39, 0.29) is 0 Å². The molecule has 2 aromatic carbocycles. The molecule has 5 aromatic rings. The largest absolute Gasteiger partial charge is 0.384 e. The number of hydrogen-bond acceptors (Lipinski definition) is 5. The summed E-state index contributed by atoms with van der Waals surface area (Å²) >= 11 is 5.85. The molecular weight excluding hydrogens is 460 g/mol. The van der Waals surface area contributed by atoms with Crippen LogP contribution in [0.15, 0.2) is 48.8 Å². The fourth-order valence-electron chi connectivity index (χ4n) is 4.78. The number of hydrogen-bond donors (Lipinski definition) is 4. The topological polar surface area (TPSA) is 99.2 Å². The number of halogens is 1. The highest BCUT2D eigenvalue weighted by molar-refractivity contribution is 6.18. The molecular formula is C26H29ClN8. The molecule has 0 unspecified atom stereocenters. The van der Waals surface area contributed by atoms with Crippen LogP contribution in [0.4, 0.5) is 5.69 Å². The second-order valence-corrected chi connectivity index (χ2v) is 9.79. The van der Waals surface area contributed by atoms with Gasteiger partial charge in [-0.3, -0.25) is 5.10 Å². The van der Waals surface area contributed by atoms with E-state index in [4.69, 9.17) is 11.6 Å². The van der Waals surface area contributed by atoms with Gasteiger partial charge in [0.15, 0.2) is 0 Å². The molecule has 1 saturated carbocycles. The molecule has 0 amide bonds. The lowest BCUT2D eigenvalue weighted by Crippen LogP contribution is -2.26. The van der Waals surface area contributed by atoms with Crippen LogP contribution in [0.5, 0.6) is 0 Å². The van der Waals surface area contributed by atoms with Gasteiger partial charge in [-0.15, -0.1) is 16.7 Å². The van der Waals surface area contributed by atoms with Gasteiger partial charge < -0.3 is 15.6 Å². The van der Waals surface area contributed by atoms with Gasteiger partial charge in [0.25, 0.3) is 0 Å². The minimum absolute atomic E-state index is 0.538. The van der Waals surface area contributed by atoms with E-state index in [0.29, 0.717) is 19.0 Å². The summed E-state index contributed by atoms with van der Waals surface area (Å²) in [5, 5.41) is 25.3. The van der Waals surface area contributed by atoms with Crippen molar-refractivity contribution in [2.75, 3.05) is 24.3 Å². The van der Waals surface area contributed by atoms with E-state index in [1.807, 2.05) is 23.1 Å². The summed E-state index contributed by atoms with van der Waals surface area (Å²) in [4.78, 5) is 3.57. The van der Waals surface area contributed by atoms with Crippen LogP contribution >= 0.6 is 11.6 Å². The fourth-order valence-corrected chi connectivity index (χ4v) is 4.87. The van der Waals surface area contributed by atoms with Crippen LogP contribution in [0, 0.1) is 5.92 Å². The fraction of sp³-hybridized carbons (Fsp3) is 0.346. The minimum atomic E-state index is 0.538. The van der Waals surface area contributed by atoms with Crippen molar-refractivity contribution in [1.82, 2.24) is 35.5 Å². The monoisotopic (exact) mass is 488 g/mol. The van der Waals surface area contributed by atoms with Gasteiger partial charge in [-0.25, -0.2) is 4.68 Å². The first-order valence-electron chi connectivity index (χ1n) is 12.2. The van der Waals surface area contributed by atoms with Gasteiger partial charge in [0.05, 0.1) is 24.5 Å². The van der Waals surface area contributed by atoms with Crippen molar-refractivity contribution in [2.45, 2.75) is 32.4 Å². The SMILES string of the molecule is ClCCNc1cc(-c2cn(Cc3ccc4cc(CNCC5CCC5)[nH]c4c3)nn2)c2cn[nH]c2c1. The third kappa shape index (κ3) is 4.76. The number of benzene rings is 2. The van der Waals surface area contributed by atoms with Crippen molar-refractivity contribution < 1.29 is 0 Å². The van der Waals surface area contributed by atoms with Crippen molar-refractivity contribution in [2.24, 2.45) is 5.92 Å². The number of nitrogens with one attached hydrogen (secondary N) is 4. The van der Waals surface area contributed by atoms with E-state index < -0.39 is 0 Å². The molecule has 0 radical (unpaired) electrons. The third-order valence-corrected chi connectivity index (χ3v) is 7.05. The lowest BCUT2D eigenvalue weighted by Gasteiger charge is -2.25. The maximum absolute atomic E-state index is 5.85. The van der Waals surface area contributed by atoms with Crippen LogP contribution in [0.1, 0.15) is 30.5 Å². The Morgan fingerprint density at radius 1 is 1.11 bits per heavy atom. The average Bonchev–Trinajstić information content (AvgIpc) is 3.58. The van der Waals surface area contributed by atoms with Crippen LogP contribution in [-0.2, 0) is 13.1 Å². The first kappa shape index (κ1) is 22.1. The van der Waals surface area contributed by atoms with Gasteiger partial charge >= 0.3 is 0 Å². The maximum atomic E-state index is 5.85. The predicted molar refractivity (Wildman–Crippen MR) is 141 cm³/mol. The predicted octanol–water partition coefficient (Wildman–Crippen LogP) is 4.89. The smallest absolute Gasteiger partial charge is 0.113 e. The Bertz CT molecular complexity index is 1440. The molecule has 35 heavy (non-hydrogen) atoms. The zero-order valence-corrected chi connectivity index (χ0v) is 20.3. The number of fused-ring (bicyclic) bond motifs is 2. The van der Waals surface area contributed by atoms with Gasteiger partial charge in [0, 0.05) is 46.8 Å². The first-order valence-corrected chi connectivity index (χ1v) is 12.8. The Morgan fingerprint density at radius 3 is 2.91 bits per heavy atom. The van der Waals surface area contributed by atoms with Crippen molar-refractivity contribution in [3.8, 4) is 11.3 Å². The van der Waals surface area contributed by atoms with Crippen LogP contribution in [0.3, 0.4) is 0 Å². The molecule has 0 spiro atoms. The molecule has 1 aliphatic carbocycles. The Balaban J connectivity index is 1.18. The van der Waals surface area contributed by atoms with E-state index in [9.17, 15) is 0 Å². The molecule has 0 atom stereocenters. The normalized spacial score (nSPS) is 14.1. The molecule has 9 heteroatoms. The Morgan fingerprint density at radius 2 is 2.06 bits per heavy atom. The average molecular weight is 489 g/mol. The Kier molecular flexibility index (Phi) is 6.14. The number of alkyl halides is 1. The zero-order chi connectivity index (χ0) is 23.6. The number of aromatic nitrogens is 6. The molecule has 1 aliphatic rings. The van der Waals surface area contributed by atoms with E-state index in [0.717, 1.165) is 52.4 Å². The van der Waals surface area contributed by atoms with Crippen molar-refractivity contribution in [3.63, 3.8) is 0 Å². The standard InChI is InChI=1S/C26H29ClN8/c27-6-7-29-20-10-22(23-14-30-32-25(23)11-20)26-16-35(34-33-26)15-18-4-5-19-9-21(31-24(19)8-18)13-28-12-17-2-1-3-17/h4-5,8-11,14,16-17,28-29,31H,1-3,6-7,12-13,15H2,(H,30,32). The van der Waals surface area contributed by atoms with Crippen LogP contribution in [0.2, 0.25) is 0 Å². The van der Waals surface area contributed by atoms with E-state index >= 15 is 0 Å². The molecule has 8 nitrogen and oxygen atoms in total. The number of H-pyrrole nitrogens is 2. The second-order valence-electron chi connectivity index (χ2n) is 9.42. The van der Waals surface area contributed by atoms with E-state index in [1.165, 1.54) is 35.9 Å². The molecule has 6 rings (SSSR count). The van der Waals surface area contributed by atoms with Crippen molar-refractivity contribution >= 4 is 39.1 Å². The summed E-state index contributed by atoms with van der Waals surface area (Å²) in [5.74, 6) is 1.41. The second kappa shape index (κ2) is 9.71. The molecule has 3 heterocycles. The molecule has 0 aliphatic heterocycles. The molecule has 1 fully saturated rings. The summed E-state index contributed by atoms with van der Waals surface area (Å²) in [5.41, 5.74) is 7.28. The molecule has 0 bridgehead atoms. The van der Waals surface area contributed by atoms with Crippen LogP contribution < -0.4 is 10.6 Å². The van der Waals surface area contributed by atoms with Gasteiger partial charge in [0.2, 0.25) is 0 Å². The third-order valence-electron chi connectivity index (χ3n) is 6.86. The summed E-state index contributed by atoms with van der Waals surface area (Å²) in [6.45, 7) is 3.34. The van der Waals surface area contributed by atoms with Crippen LogP contribution in [0.25, 0.3) is 33.1 Å². The molecule has 4 N–H and O–H groups in total. The van der Waals surface area contributed by atoms with Gasteiger partial charge in [-0.05, 0) is 60.5 Å². The number of rotatable bonds is 10. The summed E-state index contributed by atoms with van der Waals surface area (Å²) in [7, 11) is 0. The van der Waals surface area contributed by atoms with Gasteiger partial charge in [0.1, 0.15) is 5.69 Å². The van der Waals surface area contributed by atoms with E-state index in [2.05, 4.69) is 66.5 Å². The van der Waals surface area contributed by atoms with Crippen LogP contribution in [-0.4, -0.2) is 49.1 Å². The lowest BCUT2D eigenvalue weighted by molar-refractivity contribution is 0.301. The number of anilines is 1. The maximum Gasteiger partial charge on any atom is 0.113 e. The minimum Gasteiger partial charge on any atom is -0.384 e. The highest BCUT2D eigenvalue weighted by Crippen LogP contribution is 2.30. The van der Waals surface area contributed by atoms with Gasteiger partial charge in [-0.2, -0.15) is 5.10 Å². The highest BCUT2D eigenvalue weighted by atomic mass is 35.5. The molecule has 3 aromatic heterocycles. The Hall–Kier alpha value is -3.36. The van der Waals surface area contributed by atoms with E-state index in [1.54, 1.807) is 0 Å².